The van der Waals surface area contributed by atoms with Crippen LogP contribution < -0.4 is 5.32 Å². The van der Waals surface area contributed by atoms with E-state index in [0.717, 1.165) is 57.8 Å². The van der Waals surface area contributed by atoms with Crippen LogP contribution in [0.5, 0.6) is 0 Å². The second kappa shape index (κ2) is 39.0. The number of aliphatic hydroxyl groups is 2. The zero-order valence-electron chi connectivity index (χ0n) is 33.5. The molecule has 0 bridgehead atoms. The van der Waals surface area contributed by atoms with Crippen molar-refractivity contribution in [3.63, 3.8) is 0 Å². The third-order valence-electron chi connectivity index (χ3n) is 9.52. The lowest BCUT2D eigenvalue weighted by molar-refractivity contribution is -0.151. The van der Waals surface area contributed by atoms with Crippen molar-refractivity contribution in [2.45, 2.75) is 219 Å². The average molecular weight is 716 g/mol. The summed E-state index contributed by atoms with van der Waals surface area (Å²) < 4.78 is 5.84. The minimum Gasteiger partial charge on any atom is -0.462 e. The predicted octanol–water partition coefficient (Wildman–Crippen LogP) is 11.9. The first kappa shape index (κ1) is 48.8. The quantitative estimate of drug-likeness (QED) is 0.0338. The fraction of sp³-hybridized carbons (Fsp3) is 0.778. The van der Waals surface area contributed by atoms with E-state index >= 15 is 0 Å². The molecule has 3 unspecified atom stereocenters. The average Bonchev–Trinajstić information content (AvgIpc) is 3.12. The number of unbranched alkanes of at least 4 members (excludes halogenated alkanes) is 20. The van der Waals surface area contributed by atoms with Gasteiger partial charge in [0.2, 0.25) is 5.91 Å². The van der Waals surface area contributed by atoms with Crippen molar-refractivity contribution >= 4 is 11.9 Å². The Morgan fingerprint density at radius 2 is 1.06 bits per heavy atom. The van der Waals surface area contributed by atoms with E-state index in [9.17, 15) is 19.8 Å². The van der Waals surface area contributed by atoms with Gasteiger partial charge < -0.3 is 20.3 Å². The number of ether oxygens (including phenoxy) is 1. The monoisotopic (exact) mass is 716 g/mol. The highest BCUT2D eigenvalue weighted by Crippen LogP contribution is 2.16. The van der Waals surface area contributed by atoms with Gasteiger partial charge >= 0.3 is 5.97 Å². The Balaban J connectivity index is 4.70. The van der Waals surface area contributed by atoms with Crippen molar-refractivity contribution in [2.75, 3.05) is 6.61 Å². The highest BCUT2D eigenvalue weighted by atomic mass is 16.5. The molecular weight excluding hydrogens is 634 g/mol. The van der Waals surface area contributed by atoms with Crippen LogP contribution in [0.4, 0.5) is 0 Å². The van der Waals surface area contributed by atoms with Crippen LogP contribution in [0.15, 0.2) is 48.6 Å². The lowest BCUT2D eigenvalue weighted by Gasteiger charge is -2.24. The molecule has 6 nitrogen and oxygen atoms in total. The Labute approximate surface area is 315 Å². The van der Waals surface area contributed by atoms with Crippen LogP contribution >= 0.6 is 0 Å². The van der Waals surface area contributed by atoms with Crippen molar-refractivity contribution in [3.8, 4) is 0 Å². The van der Waals surface area contributed by atoms with E-state index in [1.54, 1.807) is 0 Å². The summed E-state index contributed by atoms with van der Waals surface area (Å²) in [6.07, 6.45) is 44.7. The fourth-order valence-electron chi connectivity index (χ4n) is 6.27. The minimum atomic E-state index is -0.800. The van der Waals surface area contributed by atoms with E-state index in [1.165, 1.54) is 96.3 Å². The smallest absolute Gasteiger partial charge is 0.306 e. The van der Waals surface area contributed by atoms with Crippen molar-refractivity contribution in [2.24, 2.45) is 0 Å². The van der Waals surface area contributed by atoms with Gasteiger partial charge in [-0.15, -0.1) is 0 Å². The molecule has 0 saturated heterocycles. The number of carbonyl (C=O) groups excluding carboxylic acids is 2. The van der Waals surface area contributed by atoms with Crippen LogP contribution in [-0.4, -0.2) is 46.9 Å². The van der Waals surface area contributed by atoms with Crippen LogP contribution in [0.3, 0.4) is 0 Å². The lowest BCUT2D eigenvalue weighted by atomic mass is 10.0. The van der Waals surface area contributed by atoms with Crippen LogP contribution in [0, 0.1) is 0 Å². The first-order chi connectivity index (χ1) is 25.0. The molecule has 0 spiro atoms. The molecule has 296 valence electrons. The summed E-state index contributed by atoms with van der Waals surface area (Å²) in [5.41, 5.74) is 0. The van der Waals surface area contributed by atoms with E-state index in [4.69, 9.17) is 4.74 Å². The second-order valence-corrected chi connectivity index (χ2v) is 14.5. The van der Waals surface area contributed by atoms with Gasteiger partial charge in [0.25, 0.3) is 0 Å². The van der Waals surface area contributed by atoms with Gasteiger partial charge in [0, 0.05) is 6.42 Å². The molecule has 0 aliphatic carbocycles. The molecule has 3 atom stereocenters. The van der Waals surface area contributed by atoms with Gasteiger partial charge in [0.15, 0.2) is 0 Å². The van der Waals surface area contributed by atoms with E-state index in [1.807, 2.05) is 36.5 Å². The fourth-order valence-corrected chi connectivity index (χ4v) is 6.27. The Hall–Kier alpha value is -2.18. The molecule has 0 aromatic heterocycles. The molecule has 0 heterocycles. The van der Waals surface area contributed by atoms with Gasteiger partial charge in [-0.3, -0.25) is 9.59 Å². The first-order valence-corrected chi connectivity index (χ1v) is 21.4. The predicted molar refractivity (Wildman–Crippen MR) is 218 cm³/mol. The standard InChI is InChI=1S/C45H81NO5/c1-4-7-10-13-16-19-21-23-26-29-32-35-38-45(50)51-41(36-33-30-27-25-22-20-17-14-11-8-5-2)39-44(49)46-42(40-47)43(48)37-34-31-28-24-18-15-12-9-6-3/h8,11,14,17,20,22,25,27,41-43,47-48H,4-7,9-10,12-13,15-16,18-19,21,23-24,26,28-40H2,1-3H3,(H,46,49)/b11-8+,17-14+,22-20-,27-25-. The Kier molecular flexibility index (Phi) is 37.4. The van der Waals surface area contributed by atoms with Crippen LogP contribution in [-0.2, 0) is 14.3 Å². The number of nitrogens with one attached hydrogen (secondary N) is 1. The van der Waals surface area contributed by atoms with Gasteiger partial charge in [-0.1, -0.05) is 198 Å². The van der Waals surface area contributed by atoms with Crippen LogP contribution in [0.1, 0.15) is 201 Å². The van der Waals surface area contributed by atoms with Gasteiger partial charge in [-0.05, 0) is 38.5 Å². The van der Waals surface area contributed by atoms with E-state index in [0.29, 0.717) is 19.3 Å². The van der Waals surface area contributed by atoms with E-state index < -0.39 is 18.2 Å². The van der Waals surface area contributed by atoms with Crippen molar-refractivity contribution < 1.29 is 24.5 Å². The molecule has 1 amide bonds. The summed E-state index contributed by atoms with van der Waals surface area (Å²) in [5, 5.41) is 23.5. The van der Waals surface area contributed by atoms with Crippen LogP contribution in [0.25, 0.3) is 0 Å². The zero-order valence-corrected chi connectivity index (χ0v) is 33.5. The summed E-state index contributed by atoms with van der Waals surface area (Å²) in [4.78, 5) is 25.8. The molecule has 51 heavy (non-hydrogen) atoms. The molecular formula is C45H81NO5. The number of aliphatic hydroxyl groups excluding tert-OH is 2. The molecule has 0 aromatic rings. The largest absolute Gasteiger partial charge is 0.462 e. The molecule has 0 radical (unpaired) electrons. The van der Waals surface area contributed by atoms with Gasteiger partial charge in [0.05, 0.1) is 25.2 Å². The molecule has 0 aromatic carbocycles. The van der Waals surface area contributed by atoms with Crippen molar-refractivity contribution in [1.82, 2.24) is 5.32 Å². The maximum absolute atomic E-state index is 13.0. The molecule has 3 N–H and O–H groups in total. The molecule has 0 aliphatic heterocycles. The summed E-state index contributed by atoms with van der Waals surface area (Å²) in [6, 6.07) is -0.717. The number of esters is 1. The molecule has 0 aliphatic rings. The summed E-state index contributed by atoms with van der Waals surface area (Å²) >= 11 is 0. The van der Waals surface area contributed by atoms with E-state index in [-0.39, 0.29) is 24.9 Å². The Morgan fingerprint density at radius 1 is 0.588 bits per heavy atom. The highest BCUT2D eigenvalue weighted by molar-refractivity contribution is 5.77. The van der Waals surface area contributed by atoms with Crippen molar-refractivity contribution in [1.29, 1.82) is 0 Å². The topological polar surface area (TPSA) is 95.9 Å². The Bertz CT molecular complexity index is 895. The number of carbonyl (C=O) groups is 2. The summed E-state index contributed by atoms with van der Waals surface area (Å²) in [6.45, 7) is 6.27. The summed E-state index contributed by atoms with van der Waals surface area (Å²) in [5.74, 6) is -0.544. The molecule has 6 heteroatoms. The van der Waals surface area contributed by atoms with Gasteiger partial charge in [-0.2, -0.15) is 0 Å². The van der Waals surface area contributed by atoms with Crippen molar-refractivity contribution in [3.05, 3.63) is 48.6 Å². The normalized spacial score (nSPS) is 13.9. The van der Waals surface area contributed by atoms with Crippen LogP contribution in [0.2, 0.25) is 0 Å². The first-order valence-electron chi connectivity index (χ1n) is 21.4. The third-order valence-corrected chi connectivity index (χ3v) is 9.52. The second-order valence-electron chi connectivity index (χ2n) is 14.5. The number of amides is 1. The van der Waals surface area contributed by atoms with Gasteiger partial charge in [0.1, 0.15) is 6.10 Å². The molecule has 0 rings (SSSR count). The van der Waals surface area contributed by atoms with E-state index in [2.05, 4.69) is 38.2 Å². The number of rotatable bonds is 37. The Morgan fingerprint density at radius 3 is 1.57 bits per heavy atom. The highest BCUT2D eigenvalue weighted by Gasteiger charge is 2.23. The zero-order chi connectivity index (χ0) is 37.5. The SMILES string of the molecule is CC/C=C/C=C/C=C\C=C/CCCC(CC(=O)NC(CO)C(O)CCCCCCCCCCC)OC(=O)CCCCCCCCCCCCCC. The number of allylic oxidation sites excluding steroid dienone is 8. The molecule has 0 fully saturated rings. The third kappa shape index (κ3) is 34.7. The van der Waals surface area contributed by atoms with Gasteiger partial charge in [-0.25, -0.2) is 0 Å². The maximum Gasteiger partial charge on any atom is 0.306 e. The minimum absolute atomic E-state index is 0.0329. The lowest BCUT2D eigenvalue weighted by Crippen LogP contribution is -2.46. The number of hydrogen-bond acceptors (Lipinski definition) is 5. The maximum atomic E-state index is 13.0. The number of hydrogen-bond donors (Lipinski definition) is 3. The molecule has 0 saturated carbocycles. The summed E-state index contributed by atoms with van der Waals surface area (Å²) in [7, 11) is 0.